The van der Waals surface area contributed by atoms with Crippen molar-refractivity contribution in [2.75, 3.05) is 6.67 Å². The predicted molar refractivity (Wildman–Crippen MR) is 63.5 cm³/mol. The van der Waals surface area contributed by atoms with Crippen LogP contribution < -0.4 is 0 Å². The molecule has 1 N–H and O–H groups in total. The van der Waals surface area contributed by atoms with Gasteiger partial charge in [0.1, 0.15) is 12.8 Å². The number of aliphatic hydroxyl groups excluding tert-OH is 1. The van der Waals surface area contributed by atoms with E-state index in [1.807, 2.05) is 0 Å². The molecule has 1 heterocycles. The van der Waals surface area contributed by atoms with Crippen LogP contribution in [-0.4, -0.2) is 60.4 Å². The van der Waals surface area contributed by atoms with Crippen LogP contribution in [0, 0.1) is 0 Å². The Balaban J connectivity index is 3.08. The Kier molecular flexibility index (Phi) is 6.03. The number of hydrogen-bond acceptors (Lipinski definition) is 8. The summed E-state index contributed by atoms with van der Waals surface area (Å²) in [7, 11) is 0. The molecule has 21 heavy (non-hydrogen) atoms. The van der Waals surface area contributed by atoms with Gasteiger partial charge in [0, 0.05) is 20.8 Å². The van der Waals surface area contributed by atoms with Gasteiger partial charge in [0.15, 0.2) is 24.6 Å². The molecule has 1 aliphatic rings. The summed E-state index contributed by atoms with van der Waals surface area (Å²) in [6.45, 7) is 2.12. The number of hydrogen-bond donors (Lipinski definition) is 1. The highest BCUT2D eigenvalue weighted by molar-refractivity contribution is 5.68. The molecule has 9 heteroatoms. The molecule has 0 aromatic carbocycles. The Morgan fingerprint density at radius 1 is 0.952 bits per heavy atom. The summed E-state index contributed by atoms with van der Waals surface area (Å²) >= 11 is 0. The zero-order valence-corrected chi connectivity index (χ0v) is 11.8. The van der Waals surface area contributed by atoms with E-state index >= 15 is 0 Å². The molecule has 0 radical (unpaired) electrons. The number of rotatable bonds is 4. The average Bonchev–Trinajstić information content (AvgIpc) is 2.35. The van der Waals surface area contributed by atoms with Crippen molar-refractivity contribution in [1.29, 1.82) is 0 Å². The van der Waals surface area contributed by atoms with Gasteiger partial charge in [0.25, 0.3) is 0 Å². The monoisotopic (exact) mass is 308 g/mol. The normalized spacial score (nSPS) is 32.1. The van der Waals surface area contributed by atoms with Crippen LogP contribution in [-0.2, 0) is 33.3 Å². The fourth-order valence-corrected chi connectivity index (χ4v) is 2.00. The van der Waals surface area contributed by atoms with Gasteiger partial charge in [0.2, 0.25) is 0 Å². The molecule has 0 spiro atoms. The number of halogens is 1. The number of ether oxygens (including phenoxy) is 4. The Morgan fingerprint density at radius 2 is 1.38 bits per heavy atom. The highest BCUT2D eigenvalue weighted by Gasteiger charge is 2.51. The topological polar surface area (TPSA) is 108 Å². The maximum absolute atomic E-state index is 13.0. The molecular formula is C12H17FO8. The summed E-state index contributed by atoms with van der Waals surface area (Å²) in [6.07, 6.45) is -7.21. The summed E-state index contributed by atoms with van der Waals surface area (Å²) < 4.78 is 32.5. The van der Waals surface area contributed by atoms with Gasteiger partial charge in [-0.2, -0.15) is 0 Å². The smallest absolute Gasteiger partial charge is 0.303 e. The molecule has 8 nitrogen and oxygen atoms in total. The first-order valence-electron chi connectivity index (χ1n) is 6.17. The van der Waals surface area contributed by atoms with E-state index < -0.39 is 55.3 Å². The first kappa shape index (κ1) is 17.3. The third-order valence-corrected chi connectivity index (χ3v) is 2.67. The molecule has 1 aliphatic heterocycles. The van der Waals surface area contributed by atoms with Gasteiger partial charge in [-0.15, -0.1) is 0 Å². The summed E-state index contributed by atoms with van der Waals surface area (Å²) in [5.41, 5.74) is 0. The SMILES string of the molecule is CC(=O)O[C@@H]1[C@@H](OC(C)=O)[C@@H](OC(C)=O)C(O)O[C@H]1CF. The molecule has 0 bridgehead atoms. The molecule has 120 valence electrons. The minimum atomic E-state index is -1.72. The summed E-state index contributed by atoms with van der Waals surface area (Å²) in [4.78, 5) is 33.3. The van der Waals surface area contributed by atoms with E-state index in [9.17, 15) is 23.9 Å². The fraction of sp³-hybridized carbons (Fsp3) is 0.750. The lowest BCUT2D eigenvalue weighted by Crippen LogP contribution is -2.61. The Bertz CT molecular complexity index is 412. The van der Waals surface area contributed by atoms with Crippen LogP contribution in [0.5, 0.6) is 0 Å². The van der Waals surface area contributed by atoms with Crippen LogP contribution in [0.2, 0.25) is 0 Å². The van der Waals surface area contributed by atoms with Crippen molar-refractivity contribution >= 4 is 17.9 Å². The molecule has 0 saturated carbocycles. The van der Waals surface area contributed by atoms with E-state index in [-0.39, 0.29) is 0 Å². The number of carbonyl (C=O) groups excluding carboxylic acids is 3. The lowest BCUT2D eigenvalue weighted by Gasteiger charge is -2.42. The van der Waals surface area contributed by atoms with Gasteiger partial charge in [-0.3, -0.25) is 14.4 Å². The van der Waals surface area contributed by atoms with Gasteiger partial charge >= 0.3 is 17.9 Å². The molecule has 0 aliphatic carbocycles. The molecular weight excluding hydrogens is 291 g/mol. The second-order valence-electron chi connectivity index (χ2n) is 4.44. The van der Waals surface area contributed by atoms with Crippen molar-refractivity contribution in [2.45, 2.75) is 51.5 Å². The Labute approximate surface area is 120 Å². The predicted octanol–water partition coefficient (Wildman–Crippen LogP) is -0.532. The minimum absolute atomic E-state index is 0.767. The Hall–Kier alpha value is -1.74. The average molecular weight is 308 g/mol. The van der Waals surface area contributed by atoms with Crippen molar-refractivity contribution < 1.29 is 42.8 Å². The van der Waals surface area contributed by atoms with Crippen LogP contribution >= 0.6 is 0 Å². The second kappa shape index (κ2) is 7.32. The van der Waals surface area contributed by atoms with Crippen LogP contribution in [0.15, 0.2) is 0 Å². The molecule has 0 aromatic heterocycles. The third kappa shape index (κ3) is 4.64. The molecule has 0 aromatic rings. The van der Waals surface area contributed by atoms with E-state index in [0.717, 1.165) is 20.8 Å². The second-order valence-corrected chi connectivity index (χ2v) is 4.44. The first-order valence-corrected chi connectivity index (χ1v) is 6.17. The lowest BCUT2D eigenvalue weighted by atomic mass is 9.98. The molecule has 1 saturated heterocycles. The van der Waals surface area contributed by atoms with E-state index in [4.69, 9.17) is 18.9 Å². The number of esters is 3. The highest BCUT2D eigenvalue weighted by atomic mass is 19.1. The van der Waals surface area contributed by atoms with Crippen molar-refractivity contribution in [1.82, 2.24) is 0 Å². The lowest BCUT2D eigenvalue weighted by molar-refractivity contribution is -0.292. The van der Waals surface area contributed by atoms with Crippen molar-refractivity contribution in [2.24, 2.45) is 0 Å². The number of alkyl halides is 1. The zero-order valence-electron chi connectivity index (χ0n) is 11.8. The number of carbonyl (C=O) groups is 3. The summed E-state index contributed by atoms with van der Waals surface area (Å²) in [6, 6.07) is 0. The first-order chi connectivity index (χ1) is 9.76. The van der Waals surface area contributed by atoms with E-state index in [1.54, 1.807) is 0 Å². The number of aliphatic hydroxyl groups is 1. The van der Waals surface area contributed by atoms with Gasteiger partial charge in [0.05, 0.1) is 0 Å². The van der Waals surface area contributed by atoms with Gasteiger partial charge in [-0.1, -0.05) is 0 Å². The Morgan fingerprint density at radius 3 is 1.81 bits per heavy atom. The largest absolute Gasteiger partial charge is 0.456 e. The van der Waals surface area contributed by atoms with Crippen molar-refractivity contribution in [3.63, 3.8) is 0 Å². The molecule has 1 unspecified atom stereocenters. The maximum atomic E-state index is 13.0. The third-order valence-electron chi connectivity index (χ3n) is 2.67. The molecule has 1 rings (SSSR count). The van der Waals surface area contributed by atoms with Crippen LogP contribution in [0.4, 0.5) is 4.39 Å². The minimum Gasteiger partial charge on any atom is -0.456 e. The van der Waals surface area contributed by atoms with Crippen LogP contribution in [0.1, 0.15) is 20.8 Å². The molecule has 5 atom stereocenters. The van der Waals surface area contributed by atoms with E-state index in [0.29, 0.717) is 0 Å². The van der Waals surface area contributed by atoms with Crippen LogP contribution in [0.3, 0.4) is 0 Å². The van der Waals surface area contributed by atoms with Crippen LogP contribution in [0.25, 0.3) is 0 Å². The quantitative estimate of drug-likeness (QED) is 0.545. The summed E-state index contributed by atoms with van der Waals surface area (Å²) in [5.74, 6) is -2.32. The fourth-order valence-electron chi connectivity index (χ4n) is 2.00. The molecule has 0 amide bonds. The van der Waals surface area contributed by atoms with E-state index in [1.165, 1.54) is 0 Å². The van der Waals surface area contributed by atoms with Gasteiger partial charge in [-0.25, -0.2) is 4.39 Å². The maximum Gasteiger partial charge on any atom is 0.303 e. The van der Waals surface area contributed by atoms with Crippen molar-refractivity contribution in [3.8, 4) is 0 Å². The van der Waals surface area contributed by atoms with E-state index in [2.05, 4.69) is 0 Å². The van der Waals surface area contributed by atoms with Gasteiger partial charge in [-0.05, 0) is 0 Å². The van der Waals surface area contributed by atoms with Crippen molar-refractivity contribution in [3.05, 3.63) is 0 Å². The zero-order chi connectivity index (χ0) is 16.2. The summed E-state index contributed by atoms with van der Waals surface area (Å²) in [5, 5.41) is 9.76. The van der Waals surface area contributed by atoms with Gasteiger partial charge < -0.3 is 24.1 Å². The molecule has 1 fully saturated rings. The standard InChI is InChI=1S/C12H17FO8/c1-5(14)18-9-8(4-13)21-12(17)11(20-7(3)16)10(9)19-6(2)15/h8-12,17H,4H2,1-3H3/t8-,9-,10+,11+,12?/m0/s1. The highest BCUT2D eigenvalue weighted by Crippen LogP contribution is 2.28.